The van der Waals surface area contributed by atoms with Crippen molar-refractivity contribution in [3.8, 4) is 0 Å². The molecule has 0 spiro atoms. The maximum absolute atomic E-state index is 12.8. The third kappa shape index (κ3) is 2.02. The Balaban J connectivity index is 1.67. The van der Waals surface area contributed by atoms with E-state index in [9.17, 15) is 4.79 Å². The molecule has 2 bridgehead atoms. The van der Waals surface area contributed by atoms with E-state index in [2.05, 4.69) is 0 Å². The molecule has 2 aliphatic carbocycles. The van der Waals surface area contributed by atoms with Gasteiger partial charge in [-0.25, -0.2) is 5.01 Å². The van der Waals surface area contributed by atoms with E-state index in [1.165, 1.54) is 19.3 Å². The van der Waals surface area contributed by atoms with Crippen LogP contribution in [0.3, 0.4) is 0 Å². The van der Waals surface area contributed by atoms with Crippen LogP contribution in [0.5, 0.6) is 0 Å². The molecule has 0 N–H and O–H groups in total. The molecule has 0 aromatic heterocycles. The van der Waals surface area contributed by atoms with Gasteiger partial charge in [0.2, 0.25) is 0 Å². The molecule has 110 valence electrons. The fraction of sp³-hybridized carbons (Fsp3) is 0.529. The number of benzene rings is 1. The van der Waals surface area contributed by atoms with E-state index < -0.39 is 0 Å². The summed E-state index contributed by atoms with van der Waals surface area (Å²) in [6, 6.07) is 9.79. The van der Waals surface area contributed by atoms with Crippen LogP contribution in [0.25, 0.3) is 0 Å². The Labute approximate surface area is 130 Å². The second-order valence-electron chi connectivity index (χ2n) is 6.40. The van der Waals surface area contributed by atoms with Crippen LogP contribution in [0.4, 0.5) is 0 Å². The number of nitrogens with zero attached hydrogens (tertiary/aromatic N) is 2. The maximum atomic E-state index is 12.8. The summed E-state index contributed by atoms with van der Waals surface area (Å²) in [4.78, 5) is 12.8. The Hall–Kier alpha value is -1.35. The fourth-order valence-corrected chi connectivity index (χ4v) is 4.75. The zero-order valence-corrected chi connectivity index (χ0v) is 12.7. The van der Waals surface area contributed by atoms with Crippen molar-refractivity contribution in [2.45, 2.75) is 31.7 Å². The van der Waals surface area contributed by atoms with Crippen LogP contribution in [-0.2, 0) is 0 Å². The molecule has 21 heavy (non-hydrogen) atoms. The first-order valence-corrected chi connectivity index (χ1v) is 8.35. The SMILES string of the molecule is O=C(c1ccccc1)N1N=C(CCCl)[C@@H]2[C@@H]3CC[C@@H](C3)[C@@H]21. The summed E-state index contributed by atoms with van der Waals surface area (Å²) >= 11 is 5.93. The Morgan fingerprint density at radius 3 is 2.76 bits per heavy atom. The first kappa shape index (κ1) is 13.3. The van der Waals surface area contributed by atoms with Crippen LogP contribution < -0.4 is 0 Å². The summed E-state index contributed by atoms with van der Waals surface area (Å²) in [5, 5.41) is 6.48. The Bertz CT molecular complexity index is 586. The van der Waals surface area contributed by atoms with E-state index >= 15 is 0 Å². The smallest absolute Gasteiger partial charge is 0.267 e. The predicted octanol–water partition coefficient (Wildman–Crippen LogP) is 3.54. The van der Waals surface area contributed by atoms with Crippen molar-refractivity contribution < 1.29 is 4.79 Å². The number of hydrogen-bond acceptors (Lipinski definition) is 2. The number of fused-ring (bicyclic) bond motifs is 5. The quantitative estimate of drug-likeness (QED) is 0.786. The van der Waals surface area contributed by atoms with Crippen LogP contribution in [0.15, 0.2) is 35.4 Å². The molecule has 3 aliphatic rings. The summed E-state index contributed by atoms with van der Waals surface area (Å²) in [6.45, 7) is 0. The molecule has 3 nitrogen and oxygen atoms in total. The minimum atomic E-state index is 0.0442. The molecule has 0 saturated heterocycles. The maximum Gasteiger partial charge on any atom is 0.274 e. The lowest BCUT2D eigenvalue weighted by molar-refractivity contribution is 0.0629. The van der Waals surface area contributed by atoms with Gasteiger partial charge in [0.25, 0.3) is 5.91 Å². The van der Waals surface area contributed by atoms with Crippen LogP contribution in [0.1, 0.15) is 36.0 Å². The lowest BCUT2D eigenvalue weighted by atomic mass is 9.81. The minimum absolute atomic E-state index is 0.0442. The lowest BCUT2D eigenvalue weighted by Gasteiger charge is -2.30. The molecule has 1 aliphatic heterocycles. The molecule has 4 heteroatoms. The molecule has 2 saturated carbocycles. The Morgan fingerprint density at radius 1 is 1.24 bits per heavy atom. The molecule has 4 atom stereocenters. The van der Waals surface area contributed by atoms with E-state index in [0.29, 0.717) is 17.7 Å². The zero-order chi connectivity index (χ0) is 14.4. The van der Waals surface area contributed by atoms with E-state index in [-0.39, 0.29) is 11.9 Å². The fourth-order valence-electron chi connectivity index (χ4n) is 4.56. The van der Waals surface area contributed by atoms with E-state index in [1.54, 1.807) is 5.01 Å². The molecule has 1 aromatic carbocycles. The molecule has 1 heterocycles. The van der Waals surface area contributed by atoms with Gasteiger partial charge in [0.15, 0.2) is 0 Å². The first-order valence-electron chi connectivity index (χ1n) is 7.81. The first-order chi connectivity index (χ1) is 10.3. The third-order valence-corrected chi connectivity index (χ3v) is 5.54. The average molecular weight is 303 g/mol. The summed E-state index contributed by atoms with van der Waals surface area (Å²) < 4.78 is 0. The van der Waals surface area contributed by atoms with Gasteiger partial charge in [0.1, 0.15) is 0 Å². The second-order valence-corrected chi connectivity index (χ2v) is 6.77. The largest absolute Gasteiger partial charge is 0.274 e. The topological polar surface area (TPSA) is 32.7 Å². The monoisotopic (exact) mass is 302 g/mol. The molecular weight excluding hydrogens is 284 g/mol. The summed E-state index contributed by atoms with van der Waals surface area (Å²) in [5.41, 5.74) is 1.89. The molecule has 4 rings (SSSR count). The van der Waals surface area contributed by atoms with E-state index in [4.69, 9.17) is 16.7 Å². The normalized spacial score (nSPS) is 33.2. The molecule has 1 aromatic rings. The highest BCUT2D eigenvalue weighted by Gasteiger charge is 2.56. The molecular formula is C17H19ClN2O. The van der Waals surface area contributed by atoms with Gasteiger partial charge in [-0.2, -0.15) is 5.10 Å². The van der Waals surface area contributed by atoms with Crippen molar-refractivity contribution in [3.05, 3.63) is 35.9 Å². The predicted molar refractivity (Wildman–Crippen MR) is 83.5 cm³/mol. The van der Waals surface area contributed by atoms with Crippen molar-refractivity contribution in [1.29, 1.82) is 0 Å². The van der Waals surface area contributed by atoms with Crippen molar-refractivity contribution in [2.24, 2.45) is 22.9 Å². The summed E-state index contributed by atoms with van der Waals surface area (Å²) in [5.74, 6) is 2.45. The van der Waals surface area contributed by atoms with Gasteiger partial charge in [-0.3, -0.25) is 4.79 Å². The highest BCUT2D eigenvalue weighted by atomic mass is 35.5. The number of halogens is 1. The van der Waals surface area contributed by atoms with Crippen molar-refractivity contribution in [3.63, 3.8) is 0 Å². The summed E-state index contributed by atoms with van der Waals surface area (Å²) in [6.07, 6.45) is 4.61. The number of rotatable bonds is 3. The number of carbonyl (C=O) groups excluding carboxylic acids is 1. The second kappa shape index (κ2) is 5.13. The van der Waals surface area contributed by atoms with Crippen molar-refractivity contribution in [1.82, 2.24) is 5.01 Å². The number of carbonyl (C=O) groups is 1. The van der Waals surface area contributed by atoms with Crippen molar-refractivity contribution in [2.75, 3.05) is 5.88 Å². The van der Waals surface area contributed by atoms with Gasteiger partial charge in [0, 0.05) is 29.5 Å². The number of hydrazone groups is 1. The van der Waals surface area contributed by atoms with Crippen LogP contribution >= 0.6 is 11.6 Å². The van der Waals surface area contributed by atoms with Gasteiger partial charge in [-0.05, 0) is 43.2 Å². The van der Waals surface area contributed by atoms with Gasteiger partial charge in [0.05, 0.1) is 6.04 Å². The van der Waals surface area contributed by atoms with Crippen molar-refractivity contribution >= 4 is 23.2 Å². The van der Waals surface area contributed by atoms with E-state index in [1.807, 2.05) is 30.3 Å². The highest BCUT2D eigenvalue weighted by Crippen LogP contribution is 2.54. The average Bonchev–Trinajstić information content (AvgIpc) is 3.20. The lowest BCUT2D eigenvalue weighted by Crippen LogP contribution is -2.41. The van der Waals surface area contributed by atoms with E-state index in [0.717, 1.165) is 23.6 Å². The van der Waals surface area contributed by atoms with Gasteiger partial charge < -0.3 is 0 Å². The number of alkyl halides is 1. The third-order valence-electron chi connectivity index (χ3n) is 5.36. The Kier molecular flexibility index (Phi) is 3.26. The number of hydrogen-bond donors (Lipinski definition) is 0. The van der Waals surface area contributed by atoms with Gasteiger partial charge >= 0.3 is 0 Å². The van der Waals surface area contributed by atoms with Crippen LogP contribution in [0.2, 0.25) is 0 Å². The zero-order valence-electron chi connectivity index (χ0n) is 11.9. The highest BCUT2D eigenvalue weighted by molar-refractivity contribution is 6.19. The summed E-state index contributed by atoms with van der Waals surface area (Å²) in [7, 11) is 0. The molecule has 1 amide bonds. The standard InChI is InChI=1S/C17H19ClN2O/c18-9-8-14-15-12-6-7-13(10-12)16(15)20(19-14)17(21)11-4-2-1-3-5-11/h1-5,12-13,15-16H,6-10H2/t12-,13+,15+,16+/m1/s1. The van der Waals surface area contributed by atoms with Crippen LogP contribution in [0, 0.1) is 17.8 Å². The van der Waals surface area contributed by atoms with Gasteiger partial charge in [-0.1, -0.05) is 18.2 Å². The molecule has 0 unspecified atom stereocenters. The van der Waals surface area contributed by atoms with Gasteiger partial charge in [-0.15, -0.1) is 11.6 Å². The number of amides is 1. The Morgan fingerprint density at radius 2 is 2.00 bits per heavy atom. The minimum Gasteiger partial charge on any atom is -0.267 e. The molecule has 0 radical (unpaired) electrons. The molecule has 2 fully saturated rings. The van der Waals surface area contributed by atoms with Crippen LogP contribution in [-0.4, -0.2) is 28.5 Å².